The minimum Gasteiger partial charge on any atom is -0.309 e. The van der Waals surface area contributed by atoms with Gasteiger partial charge in [0, 0.05) is 12.6 Å². The first-order chi connectivity index (χ1) is 8.58. The van der Waals surface area contributed by atoms with E-state index in [1.165, 1.54) is 6.07 Å². The molecule has 0 amide bonds. The van der Waals surface area contributed by atoms with Crippen LogP contribution in [-0.4, -0.2) is 21.0 Å². The van der Waals surface area contributed by atoms with Gasteiger partial charge in [-0.25, -0.2) is 9.07 Å². The van der Waals surface area contributed by atoms with Gasteiger partial charge in [0.15, 0.2) is 0 Å². The predicted molar refractivity (Wildman–Crippen MR) is 68.0 cm³/mol. The SMILES string of the molecule is Cc1cc(-n2nncc2CNC(C)C)ccc1F. The van der Waals surface area contributed by atoms with E-state index in [0.29, 0.717) is 18.2 Å². The molecule has 0 bridgehead atoms. The lowest BCUT2D eigenvalue weighted by Gasteiger charge is -2.10. The van der Waals surface area contributed by atoms with E-state index < -0.39 is 0 Å². The molecule has 1 N–H and O–H groups in total. The molecule has 0 aliphatic rings. The number of nitrogens with one attached hydrogen (secondary N) is 1. The lowest BCUT2D eigenvalue weighted by Crippen LogP contribution is -2.23. The summed E-state index contributed by atoms with van der Waals surface area (Å²) in [7, 11) is 0. The van der Waals surface area contributed by atoms with Crippen molar-refractivity contribution in [2.24, 2.45) is 0 Å². The molecule has 0 atom stereocenters. The van der Waals surface area contributed by atoms with Crippen molar-refractivity contribution < 1.29 is 4.39 Å². The Morgan fingerprint density at radius 2 is 2.17 bits per heavy atom. The Morgan fingerprint density at radius 1 is 1.39 bits per heavy atom. The van der Waals surface area contributed by atoms with Crippen LogP contribution in [-0.2, 0) is 6.54 Å². The van der Waals surface area contributed by atoms with Crippen LogP contribution in [0.15, 0.2) is 24.4 Å². The Kier molecular flexibility index (Phi) is 3.72. The van der Waals surface area contributed by atoms with Crippen LogP contribution in [0.25, 0.3) is 5.69 Å². The molecule has 0 radical (unpaired) electrons. The normalized spacial score (nSPS) is 11.2. The molecular weight excluding hydrogens is 231 g/mol. The van der Waals surface area contributed by atoms with Crippen LogP contribution in [0.2, 0.25) is 0 Å². The van der Waals surface area contributed by atoms with E-state index in [9.17, 15) is 4.39 Å². The first-order valence-electron chi connectivity index (χ1n) is 5.97. The van der Waals surface area contributed by atoms with Gasteiger partial charge in [0.25, 0.3) is 0 Å². The van der Waals surface area contributed by atoms with Crippen molar-refractivity contribution in [2.45, 2.75) is 33.4 Å². The van der Waals surface area contributed by atoms with Crippen molar-refractivity contribution in [3.63, 3.8) is 0 Å². The van der Waals surface area contributed by atoms with Gasteiger partial charge < -0.3 is 5.32 Å². The average molecular weight is 248 g/mol. The molecule has 0 saturated heterocycles. The largest absolute Gasteiger partial charge is 0.309 e. The summed E-state index contributed by atoms with van der Waals surface area (Å²) in [6, 6.07) is 5.31. The van der Waals surface area contributed by atoms with E-state index in [4.69, 9.17) is 0 Å². The third-order valence-corrected chi connectivity index (χ3v) is 2.70. The lowest BCUT2D eigenvalue weighted by molar-refractivity contribution is 0.569. The van der Waals surface area contributed by atoms with Crippen LogP contribution < -0.4 is 5.32 Å². The van der Waals surface area contributed by atoms with Gasteiger partial charge in [-0.2, -0.15) is 0 Å². The summed E-state index contributed by atoms with van der Waals surface area (Å²) in [5.74, 6) is -0.208. The summed E-state index contributed by atoms with van der Waals surface area (Å²) < 4.78 is 15.0. The van der Waals surface area contributed by atoms with Crippen LogP contribution in [0.4, 0.5) is 4.39 Å². The molecule has 1 aromatic heterocycles. The molecule has 5 heteroatoms. The highest BCUT2D eigenvalue weighted by molar-refractivity contribution is 5.36. The van der Waals surface area contributed by atoms with Gasteiger partial charge in [0.1, 0.15) is 5.82 Å². The first-order valence-corrected chi connectivity index (χ1v) is 5.97. The van der Waals surface area contributed by atoms with Gasteiger partial charge >= 0.3 is 0 Å². The predicted octanol–water partition coefficient (Wildman–Crippen LogP) is 2.21. The summed E-state index contributed by atoms with van der Waals surface area (Å²) in [5.41, 5.74) is 2.38. The summed E-state index contributed by atoms with van der Waals surface area (Å²) in [6.45, 7) is 6.58. The molecule has 0 aliphatic carbocycles. The first kappa shape index (κ1) is 12.7. The Labute approximate surface area is 106 Å². The maximum absolute atomic E-state index is 13.2. The van der Waals surface area contributed by atoms with Gasteiger partial charge in [-0.1, -0.05) is 19.1 Å². The number of rotatable bonds is 4. The van der Waals surface area contributed by atoms with E-state index in [1.54, 1.807) is 29.9 Å². The maximum atomic E-state index is 13.2. The topological polar surface area (TPSA) is 42.7 Å². The molecule has 0 spiro atoms. The number of benzene rings is 1. The number of hydrogen-bond acceptors (Lipinski definition) is 3. The molecule has 0 fully saturated rings. The van der Waals surface area contributed by atoms with Gasteiger partial charge in [0.05, 0.1) is 17.6 Å². The van der Waals surface area contributed by atoms with E-state index >= 15 is 0 Å². The maximum Gasteiger partial charge on any atom is 0.126 e. The van der Waals surface area contributed by atoms with Crippen LogP contribution in [0, 0.1) is 12.7 Å². The number of hydrogen-bond donors (Lipinski definition) is 1. The second kappa shape index (κ2) is 5.27. The average Bonchev–Trinajstić information content (AvgIpc) is 2.78. The van der Waals surface area contributed by atoms with Crippen molar-refractivity contribution in [2.75, 3.05) is 0 Å². The fourth-order valence-corrected chi connectivity index (χ4v) is 1.66. The Bertz CT molecular complexity index is 534. The van der Waals surface area contributed by atoms with Gasteiger partial charge in [-0.05, 0) is 30.7 Å². The summed E-state index contributed by atoms with van der Waals surface area (Å²) >= 11 is 0. The van der Waals surface area contributed by atoms with Crippen molar-refractivity contribution in [1.29, 1.82) is 0 Å². The monoisotopic (exact) mass is 248 g/mol. The Balaban J connectivity index is 2.27. The second-order valence-electron chi connectivity index (χ2n) is 4.61. The van der Waals surface area contributed by atoms with Crippen molar-refractivity contribution in [3.05, 3.63) is 41.5 Å². The van der Waals surface area contributed by atoms with E-state index in [-0.39, 0.29) is 5.82 Å². The van der Waals surface area contributed by atoms with Crippen molar-refractivity contribution in [3.8, 4) is 5.69 Å². The zero-order valence-electron chi connectivity index (χ0n) is 10.8. The Morgan fingerprint density at radius 3 is 2.83 bits per heavy atom. The molecule has 0 aliphatic heterocycles. The number of aryl methyl sites for hydroxylation is 1. The highest BCUT2D eigenvalue weighted by Crippen LogP contribution is 2.14. The zero-order valence-corrected chi connectivity index (χ0v) is 10.8. The molecule has 1 aromatic carbocycles. The minimum atomic E-state index is -0.208. The third kappa shape index (κ3) is 2.73. The summed E-state index contributed by atoms with van der Waals surface area (Å²) in [5, 5.41) is 11.3. The highest BCUT2D eigenvalue weighted by atomic mass is 19.1. The molecule has 18 heavy (non-hydrogen) atoms. The minimum absolute atomic E-state index is 0.208. The standard InChI is InChI=1S/C13H17FN4/c1-9(2)15-7-12-8-16-17-18(12)11-4-5-13(14)10(3)6-11/h4-6,8-9,15H,7H2,1-3H3. The zero-order chi connectivity index (χ0) is 13.1. The molecular formula is C13H17FN4. The lowest BCUT2D eigenvalue weighted by atomic mass is 10.2. The fraction of sp³-hybridized carbons (Fsp3) is 0.385. The molecule has 4 nitrogen and oxygen atoms in total. The van der Waals surface area contributed by atoms with E-state index in [0.717, 1.165) is 11.4 Å². The van der Waals surface area contributed by atoms with Gasteiger partial charge in [0.2, 0.25) is 0 Å². The van der Waals surface area contributed by atoms with Crippen molar-refractivity contribution in [1.82, 2.24) is 20.3 Å². The molecule has 2 aromatic rings. The van der Waals surface area contributed by atoms with E-state index in [2.05, 4.69) is 29.5 Å². The van der Waals surface area contributed by atoms with Crippen molar-refractivity contribution >= 4 is 0 Å². The number of aromatic nitrogens is 3. The van der Waals surface area contributed by atoms with Crippen LogP contribution >= 0.6 is 0 Å². The van der Waals surface area contributed by atoms with Crippen LogP contribution in [0.3, 0.4) is 0 Å². The molecule has 96 valence electrons. The van der Waals surface area contributed by atoms with E-state index in [1.807, 2.05) is 0 Å². The Hall–Kier alpha value is -1.75. The second-order valence-corrected chi connectivity index (χ2v) is 4.61. The quantitative estimate of drug-likeness (QED) is 0.902. The number of halogens is 1. The molecule has 0 unspecified atom stereocenters. The highest BCUT2D eigenvalue weighted by Gasteiger charge is 2.08. The van der Waals surface area contributed by atoms with Crippen LogP contribution in [0.1, 0.15) is 25.1 Å². The van der Waals surface area contributed by atoms with Gasteiger partial charge in [-0.3, -0.25) is 0 Å². The summed E-state index contributed by atoms with van der Waals surface area (Å²) in [4.78, 5) is 0. The fourth-order valence-electron chi connectivity index (χ4n) is 1.66. The van der Waals surface area contributed by atoms with Gasteiger partial charge in [-0.15, -0.1) is 5.10 Å². The number of nitrogens with zero attached hydrogens (tertiary/aromatic N) is 3. The molecule has 0 saturated carbocycles. The molecule has 1 heterocycles. The third-order valence-electron chi connectivity index (χ3n) is 2.70. The smallest absolute Gasteiger partial charge is 0.126 e. The molecule has 2 rings (SSSR count). The summed E-state index contributed by atoms with van der Waals surface area (Å²) in [6.07, 6.45) is 1.72. The van der Waals surface area contributed by atoms with Crippen LogP contribution in [0.5, 0.6) is 0 Å².